The number of hydrogen-bond donors (Lipinski definition) is 2. The summed E-state index contributed by atoms with van der Waals surface area (Å²) >= 11 is 0. The van der Waals surface area contributed by atoms with E-state index in [4.69, 9.17) is 10.2 Å². The van der Waals surface area contributed by atoms with Gasteiger partial charge < -0.3 is 10.2 Å². The molecule has 0 saturated carbocycles. The minimum absolute atomic E-state index is 0. The van der Waals surface area contributed by atoms with Crippen LogP contribution in [0.5, 0.6) is 0 Å². The van der Waals surface area contributed by atoms with E-state index in [1.54, 1.807) is 0 Å². The van der Waals surface area contributed by atoms with Crippen molar-refractivity contribution in [2.45, 2.75) is 65.2 Å². The van der Waals surface area contributed by atoms with E-state index in [0.29, 0.717) is 13.2 Å². The van der Waals surface area contributed by atoms with Gasteiger partial charge in [-0.25, -0.2) is 0 Å². The maximum absolute atomic E-state index is 8.29. The highest BCUT2D eigenvalue weighted by Gasteiger charge is 1.81. The molecule has 0 aliphatic carbocycles. The van der Waals surface area contributed by atoms with E-state index in [-0.39, 0.29) is 23.1 Å². The van der Waals surface area contributed by atoms with Crippen molar-refractivity contribution in [2.24, 2.45) is 0 Å². The summed E-state index contributed by atoms with van der Waals surface area (Å²) in [5, 5.41) is 16.6. The lowest BCUT2D eigenvalue weighted by Gasteiger charge is -1.90. The monoisotopic (exact) mass is 228 g/mol. The van der Waals surface area contributed by atoms with Crippen LogP contribution in [0.3, 0.4) is 0 Å². The maximum atomic E-state index is 8.29. The zero-order chi connectivity index (χ0) is 11.1. The highest BCUT2D eigenvalue weighted by atomic mass is 24.3. The minimum atomic E-state index is 0. The van der Waals surface area contributed by atoms with Crippen molar-refractivity contribution in [1.29, 1.82) is 0 Å². The second kappa shape index (κ2) is 24.1. The molecule has 0 heterocycles. The number of aliphatic hydroxyl groups is 2. The molecule has 0 rings (SSSR count). The molecule has 2 nitrogen and oxygen atoms in total. The van der Waals surface area contributed by atoms with Crippen LogP contribution in [0.1, 0.15) is 65.2 Å². The molecule has 0 saturated heterocycles. The summed E-state index contributed by atoms with van der Waals surface area (Å²) in [6.45, 7) is 5.05. The molecular formula is C12H28MgO2. The van der Waals surface area contributed by atoms with Gasteiger partial charge in [-0.2, -0.15) is 0 Å². The van der Waals surface area contributed by atoms with Crippen LogP contribution in [0.25, 0.3) is 0 Å². The first-order valence-corrected chi connectivity index (χ1v) is 6.05. The molecule has 0 amide bonds. The van der Waals surface area contributed by atoms with Gasteiger partial charge in [-0.3, -0.25) is 0 Å². The molecule has 15 heavy (non-hydrogen) atoms. The third kappa shape index (κ3) is 31.3. The van der Waals surface area contributed by atoms with Crippen molar-refractivity contribution in [3.63, 3.8) is 0 Å². The van der Waals surface area contributed by atoms with Crippen molar-refractivity contribution in [3.05, 3.63) is 0 Å². The van der Waals surface area contributed by atoms with Crippen molar-refractivity contribution in [3.8, 4) is 0 Å². The lowest BCUT2D eigenvalue weighted by Crippen LogP contribution is -1.80. The number of aliphatic hydroxyl groups excluding tert-OH is 2. The Hall–Kier alpha value is 0.686. The maximum Gasteiger partial charge on any atom is 0.0431 e. The van der Waals surface area contributed by atoms with E-state index in [9.17, 15) is 0 Å². The highest BCUT2D eigenvalue weighted by Crippen LogP contribution is 1.96. The summed E-state index contributed by atoms with van der Waals surface area (Å²) < 4.78 is 0. The van der Waals surface area contributed by atoms with Crippen molar-refractivity contribution >= 4 is 23.1 Å². The Balaban J connectivity index is -0.000000180. The fourth-order valence-electron chi connectivity index (χ4n) is 1.08. The predicted molar refractivity (Wildman–Crippen MR) is 68.2 cm³/mol. The average Bonchev–Trinajstić information content (AvgIpc) is 2.21. The quantitative estimate of drug-likeness (QED) is 0.495. The molecular weight excluding hydrogens is 200 g/mol. The van der Waals surface area contributed by atoms with Crippen molar-refractivity contribution in [2.75, 3.05) is 13.2 Å². The average molecular weight is 229 g/mol. The minimum Gasteiger partial charge on any atom is -0.396 e. The van der Waals surface area contributed by atoms with Gasteiger partial charge in [0.1, 0.15) is 0 Å². The van der Waals surface area contributed by atoms with Gasteiger partial charge in [0.15, 0.2) is 0 Å². The van der Waals surface area contributed by atoms with Crippen LogP contribution in [-0.2, 0) is 0 Å². The van der Waals surface area contributed by atoms with Crippen LogP contribution in [0.2, 0.25) is 0 Å². The molecule has 0 fully saturated rings. The molecule has 2 N–H and O–H groups in total. The van der Waals surface area contributed by atoms with Crippen molar-refractivity contribution in [1.82, 2.24) is 0 Å². The van der Waals surface area contributed by atoms with E-state index in [2.05, 4.69) is 13.8 Å². The first-order valence-electron chi connectivity index (χ1n) is 6.05. The molecule has 0 bridgehead atoms. The third-order valence-corrected chi connectivity index (χ3v) is 2.02. The smallest absolute Gasteiger partial charge is 0.0431 e. The third-order valence-electron chi connectivity index (χ3n) is 2.02. The predicted octanol–water partition coefficient (Wildman–Crippen LogP) is 2.74. The summed E-state index contributed by atoms with van der Waals surface area (Å²) in [6.07, 6.45) is 9.36. The van der Waals surface area contributed by atoms with Gasteiger partial charge in [-0.15, -0.1) is 0 Å². The Kier molecular flexibility index (Phi) is 33.8. The Morgan fingerprint density at radius 3 is 1.13 bits per heavy atom. The first kappa shape index (κ1) is 21.0. The van der Waals surface area contributed by atoms with E-state index in [1.165, 1.54) is 38.5 Å². The summed E-state index contributed by atoms with van der Waals surface area (Å²) in [5.74, 6) is 0. The standard InChI is InChI=1S/2C6H14O.Mg/c2*1-2-3-4-5-6-7;/h2*7H,2-6H2,1H3;. The molecule has 0 aliphatic rings. The van der Waals surface area contributed by atoms with Crippen LogP contribution >= 0.6 is 0 Å². The van der Waals surface area contributed by atoms with Gasteiger partial charge in [-0.1, -0.05) is 52.4 Å². The zero-order valence-electron chi connectivity index (χ0n) is 10.7. The highest BCUT2D eigenvalue weighted by molar-refractivity contribution is 5.75. The molecule has 0 aromatic heterocycles. The van der Waals surface area contributed by atoms with Gasteiger partial charge in [0, 0.05) is 36.3 Å². The van der Waals surface area contributed by atoms with Gasteiger partial charge in [-0.05, 0) is 12.8 Å². The molecule has 0 spiro atoms. The summed E-state index contributed by atoms with van der Waals surface area (Å²) in [4.78, 5) is 0. The Labute approximate surface area is 112 Å². The molecule has 0 aromatic carbocycles. The second-order valence-corrected chi connectivity index (χ2v) is 3.57. The van der Waals surface area contributed by atoms with Crippen LogP contribution in [0.15, 0.2) is 0 Å². The lowest BCUT2D eigenvalue weighted by atomic mass is 10.2. The van der Waals surface area contributed by atoms with Gasteiger partial charge in [0.25, 0.3) is 0 Å². The topological polar surface area (TPSA) is 40.5 Å². The summed E-state index contributed by atoms with van der Waals surface area (Å²) in [5.41, 5.74) is 0. The van der Waals surface area contributed by atoms with Gasteiger partial charge in [0.05, 0.1) is 0 Å². The SMILES string of the molecule is CCCCCCO.CCCCCCO.[Mg]. The molecule has 2 radical (unpaired) electrons. The summed E-state index contributed by atoms with van der Waals surface area (Å²) in [6, 6.07) is 0. The molecule has 0 unspecified atom stereocenters. The Morgan fingerprint density at radius 1 is 0.600 bits per heavy atom. The normalized spacial score (nSPS) is 8.80. The van der Waals surface area contributed by atoms with Gasteiger partial charge >= 0.3 is 0 Å². The second-order valence-electron chi connectivity index (χ2n) is 3.57. The number of hydrogen-bond acceptors (Lipinski definition) is 2. The number of unbranched alkanes of at least 4 members (excludes halogenated alkanes) is 6. The molecule has 3 heteroatoms. The van der Waals surface area contributed by atoms with E-state index in [0.717, 1.165) is 12.8 Å². The lowest BCUT2D eigenvalue weighted by molar-refractivity contribution is 0.282. The van der Waals surface area contributed by atoms with E-state index >= 15 is 0 Å². The molecule has 0 atom stereocenters. The van der Waals surface area contributed by atoms with Gasteiger partial charge in [0.2, 0.25) is 0 Å². The van der Waals surface area contributed by atoms with Crippen LogP contribution < -0.4 is 0 Å². The molecule has 90 valence electrons. The number of rotatable bonds is 8. The molecule has 0 aliphatic heterocycles. The Bertz CT molecular complexity index is 62.0. The van der Waals surface area contributed by atoms with E-state index in [1.807, 2.05) is 0 Å². The Morgan fingerprint density at radius 2 is 0.933 bits per heavy atom. The largest absolute Gasteiger partial charge is 0.396 e. The fourth-order valence-corrected chi connectivity index (χ4v) is 1.08. The molecule has 0 aromatic rings. The fraction of sp³-hybridized carbons (Fsp3) is 1.00. The van der Waals surface area contributed by atoms with Crippen LogP contribution in [0.4, 0.5) is 0 Å². The first-order chi connectivity index (χ1) is 6.83. The summed E-state index contributed by atoms with van der Waals surface area (Å²) in [7, 11) is 0. The van der Waals surface area contributed by atoms with Crippen molar-refractivity contribution < 1.29 is 10.2 Å². The van der Waals surface area contributed by atoms with Crippen LogP contribution in [-0.4, -0.2) is 46.5 Å². The van der Waals surface area contributed by atoms with E-state index < -0.39 is 0 Å². The van der Waals surface area contributed by atoms with Crippen LogP contribution in [0, 0.1) is 0 Å². The zero-order valence-corrected chi connectivity index (χ0v) is 12.1.